The molecule has 0 aliphatic heterocycles. The van der Waals surface area contributed by atoms with Gasteiger partial charge < -0.3 is 28.4 Å². The smallest absolute Gasteiger partial charge is 0.163 e. The van der Waals surface area contributed by atoms with E-state index in [4.69, 9.17) is 58.3 Å². The van der Waals surface area contributed by atoms with Crippen LogP contribution in [0.5, 0.6) is 34.5 Å². The van der Waals surface area contributed by atoms with Gasteiger partial charge in [-0.1, -0.05) is 196 Å². The minimum Gasteiger partial charge on any atom is -0.493 e. The Hall–Kier alpha value is -5.78. The summed E-state index contributed by atoms with van der Waals surface area (Å²) in [6, 6.07) is 15.6. The second-order valence-electron chi connectivity index (χ2n) is 21.5. The van der Waals surface area contributed by atoms with Crippen LogP contribution >= 0.6 is 0 Å². The van der Waals surface area contributed by atoms with E-state index in [9.17, 15) is 0 Å². The van der Waals surface area contributed by atoms with Gasteiger partial charge in [0.2, 0.25) is 0 Å². The lowest BCUT2D eigenvalue weighted by atomic mass is 10.2. The lowest BCUT2D eigenvalue weighted by molar-refractivity contribution is 0.259. The molecule has 0 spiro atoms. The first-order valence-corrected chi connectivity index (χ1v) is 31.8. The standard InChI is InChI=1S/C68H102N6O6/c1-7-13-19-25-31-37-75-59-43-55-51-69-61-47-65(77-39-33-27-21-15-9-3)67(79-41-35-29-23-17-11-5)49-63(61)71-53-57-45-60(76-38-32-26-20-14-8-2)46-58(74-57)54-72-64-50-68(80-42-36-30-24-18-12-6)66(78-40-34-28-22-16-10-4)48-62(64)70-52-56(44-59)73-55/h43-54H,7-42H2,1-6H3. The van der Waals surface area contributed by atoms with Crippen molar-refractivity contribution in [2.75, 3.05) is 39.6 Å². The highest BCUT2D eigenvalue weighted by molar-refractivity contribution is 5.80. The van der Waals surface area contributed by atoms with Gasteiger partial charge in [-0.15, -0.1) is 0 Å². The quantitative estimate of drug-likeness (QED) is 0.0345. The lowest BCUT2D eigenvalue weighted by Crippen LogP contribution is -2.03. The summed E-state index contributed by atoms with van der Waals surface area (Å²) in [6.07, 6.45) is 41.1. The Morgan fingerprint density at radius 2 is 0.438 bits per heavy atom. The fourth-order valence-corrected chi connectivity index (χ4v) is 9.35. The van der Waals surface area contributed by atoms with Crippen molar-refractivity contribution in [2.45, 2.75) is 234 Å². The van der Waals surface area contributed by atoms with Gasteiger partial charge in [-0.2, -0.15) is 0 Å². The molecule has 5 aromatic rings. The number of nitrogens with zero attached hydrogens (tertiary/aromatic N) is 6. The summed E-state index contributed by atoms with van der Waals surface area (Å²) in [4.78, 5) is 30.7. The number of unbranched alkanes of at least 4 members (excludes halogenated alkanes) is 24. The first kappa shape index (κ1) is 65.0. The molecule has 5 rings (SSSR count). The van der Waals surface area contributed by atoms with E-state index in [1.54, 1.807) is 24.8 Å². The van der Waals surface area contributed by atoms with Crippen LogP contribution in [0.4, 0.5) is 0 Å². The summed E-state index contributed by atoms with van der Waals surface area (Å²) in [5.41, 5.74) is 4.84. The number of ether oxygens (including phenoxy) is 6. The van der Waals surface area contributed by atoms with E-state index in [-0.39, 0.29) is 0 Å². The SMILES string of the molecule is CCCCCCCOc1cc2cnc3cc(OCCCCCCC)c(OCCCCCCC)cc3ncc3cc(OCCCCCCC)cc(cnc4cc(OCCCCCCC)c(OCCCCCCC)cc4ncc(c1)n2)n3. The van der Waals surface area contributed by atoms with Gasteiger partial charge in [-0.05, 0) is 38.5 Å². The van der Waals surface area contributed by atoms with Crippen molar-refractivity contribution in [1.29, 1.82) is 0 Å². The van der Waals surface area contributed by atoms with Crippen molar-refractivity contribution in [3.63, 3.8) is 0 Å². The summed E-state index contributed by atoms with van der Waals surface area (Å²) in [7, 11) is 0. The van der Waals surface area contributed by atoms with Crippen molar-refractivity contribution in [3.05, 3.63) is 73.3 Å². The molecule has 3 heterocycles. The van der Waals surface area contributed by atoms with Gasteiger partial charge in [0.05, 0.1) is 109 Å². The second-order valence-corrected chi connectivity index (χ2v) is 21.5. The molecule has 0 aliphatic carbocycles. The molecule has 3 aromatic heterocycles. The molecule has 4 bridgehead atoms. The predicted molar refractivity (Wildman–Crippen MR) is 333 cm³/mol. The third-order valence-corrected chi connectivity index (χ3v) is 14.2. The topological polar surface area (TPSA) is 133 Å². The van der Waals surface area contributed by atoms with Crippen LogP contribution in [-0.2, 0) is 0 Å². The van der Waals surface area contributed by atoms with Crippen molar-refractivity contribution in [2.24, 2.45) is 0 Å². The first-order chi connectivity index (χ1) is 39.5. The third kappa shape index (κ3) is 26.2. The number of fused-ring (bicyclic) bond motifs is 6. The molecule has 0 saturated carbocycles. The molecule has 0 unspecified atom stereocenters. The van der Waals surface area contributed by atoms with Crippen LogP contribution in [0.15, 0.2) is 73.3 Å². The van der Waals surface area contributed by atoms with Gasteiger partial charge in [0.25, 0.3) is 0 Å². The van der Waals surface area contributed by atoms with Crippen molar-refractivity contribution >= 4 is 44.1 Å². The number of pyridine rings is 2. The molecule has 0 saturated heterocycles. The van der Waals surface area contributed by atoms with Crippen LogP contribution in [0.25, 0.3) is 44.1 Å². The summed E-state index contributed by atoms with van der Waals surface area (Å²) in [5.74, 6) is 3.97. The Morgan fingerprint density at radius 3 is 0.650 bits per heavy atom. The molecule has 12 heteroatoms. The fraction of sp³-hybridized carbons (Fsp3) is 0.618. The molecule has 80 heavy (non-hydrogen) atoms. The number of benzene rings is 2. The normalized spacial score (nSPS) is 11.2. The van der Waals surface area contributed by atoms with E-state index >= 15 is 0 Å². The van der Waals surface area contributed by atoms with Crippen molar-refractivity contribution in [1.82, 2.24) is 29.9 Å². The Kier molecular flexibility index (Phi) is 33.5. The van der Waals surface area contributed by atoms with Gasteiger partial charge in [0.1, 0.15) is 11.5 Å². The second kappa shape index (κ2) is 41.2. The van der Waals surface area contributed by atoms with E-state index < -0.39 is 0 Å². The number of hydrogen-bond acceptors (Lipinski definition) is 12. The van der Waals surface area contributed by atoms with E-state index in [0.29, 0.717) is 118 Å². The molecular weight excluding hydrogens is 997 g/mol. The Bertz CT molecular complexity index is 2330. The predicted octanol–water partition coefficient (Wildman–Crippen LogP) is 19.6. The highest BCUT2D eigenvalue weighted by Gasteiger charge is 2.12. The molecule has 0 amide bonds. The van der Waals surface area contributed by atoms with E-state index in [2.05, 4.69) is 41.5 Å². The molecule has 2 aromatic carbocycles. The summed E-state index contributed by atoms with van der Waals surface area (Å²) < 4.78 is 39.2. The maximum absolute atomic E-state index is 6.56. The first-order valence-electron chi connectivity index (χ1n) is 31.8. The zero-order chi connectivity index (χ0) is 56.5. The molecule has 0 fully saturated rings. The third-order valence-electron chi connectivity index (χ3n) is 14.2. The maximum atomic E-state index is 6.56. The molecule has 0 aliphatic rings. The van der Waals surface area contributed by atoms with Crippen LogP contribution in [0, 0.1) is 0 Å². The Morgan fingerprint density at radius 1 is 0.237 bits per heavy atom. The van der Waals surface area contributed by atoms with Crippen molar-refractivity contribution < 1.29 is 28.4 Å². The molecule has 0 N–H and O–H groups in total. The molecule has 0 atom stereocenters. The van der Waals surface area contributed by atoms with Crippen LogP contribution in [-0.4, -0.2) is 69.5 Å². The average molecular weight is 1100 g/mol. The Labute approximate surface area is 482 Å². The van der Waals surface area contributed by atoms with Crippen LogP contribution in [0.3, 0.4) is 0 Å². The van der Waals surface area contributed by atoms with E-state index in [0.717, 1.165) is 77.0 Å². The highest BCUT2D eigenvalue weighted by Crippen LogP contribution is 2.33. The highest BCUT2D eigenvalue weighted by atomic mass is 16.5. The van der Waals surface area contributed by atoms with Crippen LogP contribution in [0.1, 0.15) is 234 Å². The summed E-state index contributed by atoms with van der Waals surface area (Å²) in [6.45, 7) is 16.9. The largest absolute Gasteiger partial charge is 0.493 e. The van der Waals surface area contributed by atoms with E-state index in [1.807, 2.05) is 48.5 Å². The van der Waals surface area contributed by atoms with E-state index in [1.165, 1.54) is 116 Å². The van der Waals surface area contributed by atoms with Crippen molar-refractivity contribution in [3.8, 4) is 34.5 Å². The van der Waals surface area contributed by atoms with Gasteiger partial charge in [-0.3, -0.25) is 19.9 Å². The number of rotatable bonds is 42. The molecule has 12 nitrogen and oxygen atoms in total. The monoisotopic (exact) mass is 1100 g/mol. The number of hydrogen-bond donors (Lipinski definition) is 0. The minimum atomic E-state index is 0.577. The Balaban J connectivity index is 1.77. The van der Waals surface area contributed by atoms with Gasteiger partial charge in [0.15, 0.2) is 23.0 Å². The summed E-state index contributed by atoms with van der Waals surface area (Å²) in [5, 5.41) is 0. The van der Waals surface area contributed by atoms with Gasteiger partial charge in [0, 0.05) is 48.5 Å². The van der Waals surface area contributed by atoms with Crippen LogP contribution < -0.4 is 28.4 Å². The maximum Gasteiger partial charge on any atom is 0.163 e. The fourth-order valence-electron chi connectivity index (χ4n) is 9.35. The van der Waals surface area contributed by atoms with Gasteiger partial charge >= 0.3 is 0 Å². The zero-order valence-corrected chi connectivity index (χ0v) is 50.5. The minimum absolute atomic E-state index is 0.577. The molecule has 440 valence electrons. The zero-order valence-electron chi connectivity index (χ0n) is 50.5. The lowest BCUT2D eigenvalue weighted by Gasteiger charge is -2.13. The molecular formula is C68H102N6O6. The summed E-state index contributed by atoms with van der Waals surface area (Å²) >= 11 is 0. The average Bonchev–Trinajstić information content (AvgIpc) is 3.47. The van der Waals surface area contributed by atoms with Crippen LogP contribution in [0.2, 0.25) is 0 Å². The van der Waals surface area contributed by atoms with Gasteiger partial charge in [-0.25, -0.2) is 9.97 Å². The molecule has 0 radical (unpaired) electrons. The number of aromatic nitrogens is 6.